The molecule has 7 nitrogen and oxygen atoms in total. The molecule has 0 atom stereocenters. The van der Waals surface area contributed by atoms with Gasteiger partial charge >= 0.3 is 6.03 Å². The number of hydrogen-bond acceptors (Lipinski definition) is 4. The van der Waals surface area contributed by atoms with Crippen LogP contribution >= 0.6 is 23.2 Å². The predicted octanol–water partition coefficient (Wildman–Crippen LogP) is 4.78. The average molecular weight is 466 g/mol. The van der Waals surface area contributed by atoms with Gasteiger partial charge in [0.1, 0.15) is 0 Å². The molecule has 0 saturated heterocycles. The molecule has 0 aliphatic heterocycles. The summed E-state index contributed by atoms with van der Waals surface area (Å²) in [6.45, 7) is 7.35. The van der Waals surface area contributed by atoms with E-state index in [1.807, 2.05) is 19.0 Å². The van der Waals surface area contributed by atoms with Crippen LogP contribution in [0.5, 0.6) is 0 Å². The predicted molar refractivity (Wildman–Crippen MR) is 130 cm³/mol. The summed E-state index contributed by atoms with van der Waals surface area (Å²) in [6.07, 6.45) is 0. The van der Waals surface area contributed by atoms with Crippen molar-refractivity contribution in [1.29, 1.82) is 0 Å². The standard InChI is InChI=1S/C22H29Cl2N5O2/c1-5-29(6-2)13-12-25-21(30)16-14-15(10-11-19(16)28(3)4)26-22(31)27-20-17(23)8-7-9-18(20)24/h7-11,14H,5-6,12-13H2,1-4H3,(H,25,30)(H2,26,27,31). The van der Waals surface area contributed by atoms with E-state index in [0.717, 1.165) is 25.3 Å². The van der Waals surface area contributed by atoms with E-state index in [-0.39, 0.29) is 5.91 Å². The molecular formula is C22H29Cl2N5O2. The lowest BCUT2D eigenvalue weighted by Gasteiger charge is -2.20. The topological polar surface area (TPSA) is 76.7 Å². The van der Waals surface area contributed by atoms with Crippen molar-refractivity contribution in [2.75, 3.05) is 55.8 Å². The normalized spacial score (nSPS) is 10.7. The molecule has 2 aromatic rings. The number of anilines is 3. The number of nitrogens with zero attached hydrogens (tertiary/aromatic N) is 2. The number of carbonyl (C=O) groups excluding carboxylic acids is 2. The Hall–Kier alpha value is -2.48. The summed E-state index contributed by atoms with van der Waals surface area (Å²) in [7, 11) is 3.72. The number of para-hydroxylation sites is 1. The van der Waals surface area contributed by atoms with Crippen LogP contribution in [0.4, 0.5) is 21.9 Å². The molecule has 0 aliphatic rings. The molecule has 3 N–H and O–H groups in total. The third-order valence-electron chi connectivity index (χ3n) is 4.79. The Morgan fingerprint density at radius 2 is 1.61 bits per heavy atom. The number of nitrogens with one attached hydrogen (secondary N) is 3. The average Bonchev–Trinajstić information content (AvgIpc) is 2.73. The molecule has 0 heterocycles. The van der Waals surface area contributed by atoms with Gasteiger partial charge in [-0.3, -0.25) is 4.79 Å². The number of rotatable bonds is 9. The highest BCUT2D eigenvalue weighted by atomic mass is 35.5. The van der Waals surface area contributed by atoms with Crippen LogP contribution in [0.3, 0.4) is 0 Å². The van der Waals surface area contributed by atoms with Gasteiger partial charge in [-0.15, -0.1) is 0 Å². The van der Waals surface area contributed by atoms with Gasteiger partial charge in [0.15, 0.2) is 0 Å². The van der Waals surface area contributed by atoms with E-state index in [1.54, 1.807) is 36.4 Å². The molecule has 0 radical (unpaired) electrons. The minimum absolute atomic E-state index is 0.200. The van der Waals surface area contributed by atoms with Gasteiger partial charge in [-0.2, -0.15) is 0 Å². The second-order valence-electron chi connectivity index (χ2n) is 7.08. The fraction of sp³-hybridized carbons (Fsp3) is 0.364. The maximum atomic E-state index is 12.8. The molecular weight excluding hydrogens is 437 g/mol. The Kier molecular flexibility index (Phi) is 9.43. The molecule has 0 aliphatic carbocycles. The summed E-state index contributed by atoms with van der Waals surface area (Å²) < 4.78 is 0. The van der Waals surface area contributed by atoms with E-state index >= 15 is 0 Å². The third kappa shape index (κ3) is 7.02. The van der Waals surface area contributed by atoms with Crippen LogP contribution in [0, 0.1) is 0 Å². The van der Waals surface area contributed by atoms with Crippen LogP contribution in [0.25, 0.3) is 0 Å². The van der Waals surface area contributed by atoms with Crippen molar-refractivity contribution >= 4 is 52.2 Å². The maximum Gasteiger partial charge on any atom is 0.323 e. The first-order valence-corrected chi connectivity index (χ1v) is 10.9. The van der Waals surface area contributed by atoms with E-state index < -0.39 is 6.03 Å². The molecule has 0 spiro atoms. The summed E-state index contributed by atoms with van der Waals surface area (Å²) in [6, 6.07) is 9.62. The summed E-state index contributed by atoms with van der Waals surface area (Å²) in [5.41, 5.74) is 2.02. The van der Waals surface area contributed by atoms with Crippen LogP contribution in [0.15, 0.2) is 36.4 Å². The smallest absolute Gasteiger partial charge is 0.323 e. The van der Waals surface area contributed by atoms with Gasteiger partial charge in [-0.25, -0.2) is 4.79 Å². The van der Waals surface area contributed by atoms with Gasteiger partial charge < -0.3 is 25.8 Å². The third-order valence-corrected chi connectivity index (χ3v) is 5.42. The molecule has 0 fully saturated rings. The van der Waals surface area contributed by atoms with Crippen LogP contribution in [0.1, 0.15) is 24.2 Å². The summed E-state index contributed by atoms with van der Waals surface area (Å²) in [5.74, 6) is -0.200. The van der Waals surface area contributed by atoms with Gasteiger partial charge in [-0.1, -0.05) is 43.1 Å². The molecule has 9 heteroatoms. The minimum atomic E-state index is -0.513. The van der Waals surface area contributed by atoms with E-state index in [1.165, 1.54) is 0 Å². The zero-order chi connectivity index (χ0) is 23.0. The van der Waals surface area contributed by atoms with Crippen molar-refractivity contribution in [3.8, 4) is 0 Å². The first kappa shape index (κ1) is 24.8. The van der Waals surface area contributed by atoms with Crippen LogP contribution in [-0.2, 0) is 0 Å². The van der Waals surface area contributed by atoms with Crippen LogP contribution in [0.2, 0.25) is 10.0 Å². The van der Waals surface area contributed by atoms with Crippen molar-refractivity contribution in [3.63, 3.8) is 0 Å². The quantitative estimate of drug-likeness (QED) is 0.498. The molecule has 0 bridgehead atoms. The number of likely N-dealkylation sites (N-methyl/N-ethyl adjacent to an activating group) is 1. The zero-order valence-corrected chi connectivity index (χ0v) is 19.8. The Labute approximate surface area is 193 Å². The summed E-state index contributed by atoms with van der Waals surface area (Å²) >= 11 is 12.2. The molecule has 0 saturated carbocycles. The van der Waals surface area contributed by atoms with E-state index in [0.29, 0.717) is 33.5 Å². The van der Waals surface area contributed by atoms with Gasteiger partial charge in [-0.05, 0) is 43.4 Å². The Balaban J connectivity index is 2.13. The second kappa shape index (κ2) is 11.8. The number of benzene rings is 2. The van der Waals surface area contributed by atoms with E-state index in [9.17, 15) is 9.59 Å². The molecule has 3 amide bonds. The number of carbonyl (C=O) groups is 2. The van der Waals surface area contributed by atoms with Crippen molar-refractivity contribution in [2.45, 2.75) is 13.8 Å². The highest BCUT2D eigenvalue weighted by Gasteiger charge is 2.16. The van der Waals surface area contributed by atoms with Crippen LogP contribution in [-0.4, -0.2) is 57.1 Å². The largest absolute Gasteiger partial charge is 0.377 e. The van der Waals surface area contributed by atoms with Gasteiger partial charge in [0, 0.05) is 38.6 Å². The SMILES string of the molecule is CCN(CC)CCNC(=O)c1cc(NC(=O)Nc2c(Cl)cccc2Cl)ccc1N(C)C. The van der Waals surface area contributed by atoms with Crippen molar-refractivity contribution in [1.82, 2.24) is 10.2 Å². The lowest BCUT2D eigenvalue weighted by Crippen LogP contribution is -2.35. The Morgan fingerprint density at radius 3 is 2.19 bits per heavy atom. The molecule has 2 aromatic carbocycles. The van der Waals surface area contributed by atoms with E-state index in [4.69, 9.17) is 23.2 Å². The Bertz CT molecular complexity index is 897. The van der Waals surface area contributed by atoms with Gasteiger partial charge in [0.05, 0.1) is 21.3 Å². The second-order valence-corrected chi connectivity index (χ2v) is 7.90. The lowest BCUT2D eigenvalue weighted by atomic mass is 10.1. The number of amides is 3. The summed E-state index contributed by atoms with van der Waals surface area (Å²) in [4.78, 5) is 29.4. The maximum absolute atomic E-state index is 12.8. The first-order valence-electron chi connectivity index (χ1n) is 10.1. The lowest BCUT2D eigenvalue weighted by molar-refractivity contribution is 0.0949. The fourth-order valence-electron chi connectivity index (χ4n) is 3.04. The van der Waals surface area contributed by atoms with Gasteiger partial charge in [0.25, 0.3) is 5.91 Å². The molecule has 31 heavy (non-hydrogen) atoms. The molecule has 2 rings (SSSR count). The number of hydrogen-bond donors (Lipinski definition) is 3. The highest BCUT2D eigenvalue weighted by molar-refractivity contribution is 6.39. The zero-order valence-electron chi connectivity index (χ0n) is 18.3. The van der Waals surface area contributed by atoms with Crippen molar-refractivity contribution in [3.05, 3.63) is 52.0 Å². The number of halogens is 2. The monoisotopic (exact) mass is 465 g/mol. The minimum Gasteiger partial charge on any atom is -0.377 e. The van der Waals surface area contributed by atoms with Crippen molar-refractivity contribution in [2.24, 2.45) is 0 Å². The van der Waals surface area contributed by atoms with Crippen molar-refractivity contribution < 1.29 is 9.59 Å². The number of urea groups is 1. The molecule has 0 unspecified atom stereocenters. The van der Waals surface area contributed by atoms with Crippen LogP contribution < -0.4 is 20.9 Å². The van der Waals surface area contributed by atoms with E-state index in [2.05, 4.69) is 34.7 Å². The first-order chi connectivity index (χ1) is 14.8. The molecule has 168 valence electrons. The molecule has 0 aromatic heterocycles. The van der Waals surface area contributed by atoms with Gasteiger partial charge in [0.2, 0.25) is 0 Å². The summed E-state index contributed by atoms with van der Waals surface area (Å²) in [5, 5.41) is 8.99. The fourth-order valence-corrected chi connectivity index (χ4v) is 3.53. The highest BCUT2D eigenvalue weighted by Crippen LogP contribution is 2.30. The Morgan fingerprint density at radius 1 is 0.968 bits per heavy atom.